The van der Waals surface area contributed by atoms with Crippen molar-refractivity contribution in [3.63, 3.8) is 0 Å². The number of anilines is 1. The van der Waals surface area contributed by atoms with E-state index in [0.717, 1.165) is 33.5 Å². The second-order valence-electron chi connectivity index (χ2n) is 7.63. The van der Waals surface area contributed by atoms with Gasteiger partial charge in [-0.15, -0.1) is 0 Å². The van der Waals surface area contributed by atoms with Crippen molar-refractivity contribution in [1.82, 2.24) is 4.57 Å². The van der Waals surface area contributed by atoms with Crippen molar-refractivity contribution in [3.8, 4) is 22.9 Å². The summed E-state index contributed by atoms with van der Waals surface area (Å²) in [4.78, 5) is 2.09. The maximum Gasteiger partial charge on any atom is 0.0992 e. The molecule has 1 heterocycles. The van der Waals surface area contributed by atoms with Gasteiger partial charge in [-0.1, -0.05) is 66.7 Å². The Labute approximate surface area is 176 Å². The van der Waals surface area contributed by atoms with E-state index in [9.17, 15) is 5.26 Å². The Bertz CT molecular complexity index is 1370. The molecule has 4 aromatic carbocycles. The number of rotatable bonds is 3. The average Bonchev–Trinajstić information content (AvgIpc) is 3.13. The van der Waals surface area contributed by atoms with Crippen molar-refractivity contribution in [2.24, 2.45) is 0 Å². The molecule has 0 bridgehead atoms. The van der Waals surface area contributed by atoms with Crippen LogP contribution < -0.4 is 4.90 Å². The van der Waals surface area contributed by atoms with Crippen molar-refractivity contribution in [2.75, 3.05) is 19.0 Å². The van der Waals surface area contributed by atoms with Crippen LogP contribution in [0.1, 0.15) is 5.56 Å². The quantitative estimate of drug-likeness (QED) is 0.359. The summed E-state index contributed by atoms with van der Waals surface area (Å²) in [6.45, 7) is 0. The predicted octanol–water partition coefficient (Wildman–Crippen LogP) is 6.39. The minimum atomic E-state index is 0.655. The summed E-state index contributed by atoms with van der Waals surface area (Å²) < 4.78 is 2.34. The molecule has 0 saturated heterocycles. The first-order valence-corrected chi connectivity index (χ1v) is 9.98. The summed E-state index contributed by atoms with van der Waals surface area (Å²) in [5.41, 5.74) is 7.20. The normalized spacial score (nSPS) is 11.0. The highest BCUT2D eigenvalue weighted by Crippen LogP contribution is 2.41. The fourth-order valence-electron chi connectivity index (χ4n) is 4.26. The average molecular weight is 387 g/mol. The molecule has 0 atom stereocenters. The summed E-state index contributed by atoms with van der Waals surface area (Å²) in [6, 6.07) is 33.7. The molecule has 1 aromatic heterocycles. The van der Waals surface area contributed by atoms with Gasteiger partial charge in [0.25, 0.3) is 0 Å². The molecule has 0 radical (unpaired) electrons. The molecule has 0 aliphatic rings. The topological polar surface area (TPSA) is 32.0 Å². The summed E-state index contributed by atoms with van der Waals surface area (Å²) >= 11 is 0. The smallest absolute Gasteiger partial charge is 0.0992 e. The fraction of sp³-hybridized carbons (Fsp3) is 0.0741. The van der Waals surface area contributed by atoms with Gasteiger partial charge in [0.2, 0.25) is 0 Å². The Hall–Kier alpha value is -4.03. The Morgan fingerprint density at radius 2 is 1.30 bits per heavy atom. The molecule has 0 amide bonds. The number of para-hydroxylation sites is 2. The minimum Gasteiger partial charge on any atom is -0.376 e. The van der Waals surface area contributed by atoms with Gasteiger partial charge < -0.3 is 9.47 Å². The first-order valence-electron chi connectivity index (χ1n) is 9.98. The van der Waals surface area contributed by atoms with Crippen molar-refractivity contribution in [1.29, 1.82) is 5.26 Å². The zero-order valence-corrected chi connectivity index (χ0v) is 17.0. The number of hydrogen-bond acceptors (Lipinski definition) is 2. The highest BCUT2D eigenvalue weighted by atomic mass is 15.1. The van der Waals surface area contributed by atoms with Gasteiger partial charge in [0.1, 0.15) is 0 Å². The highest BCUT2D eigenvalue weighted by molar-refractivity contribution is 6.10. The first kappa shape index (κ1) is 18.0. The predicted molar refractivity (Wildman–Crippen MR) is 125 cm³/mol. The number of nitriles is 1. The number of nitrogens with zero attached hydrogens (tertiary/aromatic N) is 3. The van der Waals surface area contributed by atoms with Crippen LogP contribution in [0.15, 0.2) is 91.0 Å². The Morgan fingerprint density at radius 1 is 0.733 bits per heavy atom. The molecular formula is C27H21N3. The largest absolute Gasteiger partial charge is 0.376 e. The van der Waals surface area contributed by atoms with Crippen LogP contribution in [-0.2, 0) is 0 Å². The van der Waals surface area contributed by atoms with E-state index in [4.69, 9.17) is 0 Å². The summed E-state index contributed by atoms with van der Waals surface area (Å²) in [5.74, 6) is 0. The van der Waals surface area contributed by atoms with E-state index in [-0.39, 0.29) is 0 Å². The maximum absolute atomic E-state index is 9.70. The number of benzene rings is 4. The van der Waals surface area contributed by atoms with Crippen LogP contribution in [0.25, 0.3) is 38.6 Å². The van der Waals surface area contributed by atoms with Crippen LogP contribution in [0.3, 0.4) is 0 Å². The van der Waals surface area contributed by atoms with Gasteiger partial charge in [-0.25, -0.2) is 0 Å². The molecule has 0 aliphatic carbocycles. The molecule has 5 rings (SSSR count). The lowest BCUT2D eigenvalue weighted by Gasteiger charge is -2.23. The summed E-state index contributed by atoms with van der Waals surface area (Å²) in [5, 5.41) is 12.2. The monoisotopic (exact) mass is 387 g/mol. The van der Waals surface area contributed by atoms with Gasteiger partial charge in [-0.3, -0.25) is 0 Å². The third-order valence-corrected chi connectivity index (χ3v) is 5.59. The number of fused-ring (bicyclic) bond motifs is 3. The first-order chi connectivity index (χ1) is 14.7. The van der Waals surface area contributed by atoms with Crippen LogP contribution in [0, 0.1) is 11.3 Å². The lowest BCUT2D eigenvalue weighted by atomic mass is 9.99. The molecule has 0 aliphatic heterocycles. The van der Waals surface area contributed by atoms with Gasteiger partial charge in [-0.2, -0.15) is 5.26 Å². The van der Waals surface area contributed by atoms with Crippen molar-refractivity contribution in [2.45, 2.75) is 0 Å². The number of aromatic nitrogens is 1. The van der Waals surface area contributed by atoms with Gasteiger partial charge in [-0.05, 0) is 29.8 Å². The Kier molecular flexibility index (Phi) is 4.26. The zero-order chi connectivity index (χ0) is 20.7. The van der Waals surface area contributed by atoms with E-state index in [0.29, 0.717) is 5.56 Å². The van der Waals surface area contributed by atoms with Crippen LogP contribution in [0.2, 0.25) is 0 Å². The van der Waals surface area contributed by atoms with Gasteiger partial charge in [0, 0.05) is 30.4 Å². The van der Waals surface area contributed by atoms with Crippen molar-refractivity contribution >= 4 is 27.5 Å². The van der Waals surface area contributed by atoms with E-state index < -0.39 is 0 Å². The lowest BCUT2D eigenvalue weighted by molar-refractivity contribution is 1.08. The highest BCUT2D eigenvalue weighted by Gasteiger charge is 2.20. The van der Waals surface area contributed by atoms with E-state index in [2.05, 4.69) is 76.2 Å². The summed E-state index contributed by atoms with van der Waals surface area (Å²) in [6.07, 6.45) is 0. The van der Waals surface area contributed by atoms with Gasteiger partial charge in [0.05, 0.1) is 34.0 Å². The Balaban J connectivity index is 2.00. The maximum atomic E-state index is 9.70. The van der Waals surface area contributed by atoms with E-state index in [1.165, 1.54) is 10.8 Å². The fourth-order valence-corrected chi connectivity index (χ4v) is 4.26. The Morgan fingerprint density at radius 3 is 1.87 bits per heavy atom. The van der Waals surface area contributed by atoms with E-state index in [1.54, 1.807) is 0 Å². The molecule has 5 aromatic rings. The molecule has 0 N–H and O–H groups in total. The van der Waals surface area contributed by atoms with E-state index >= 15 is 0 Å². The minimum absolute atomic E-state index is 0.655. The van der Waals surface area contributed by atoms with Crippen LogP contribution >= 0.6 is 0 Å². The number of hydrogen-bond donors (Lipinski definition) is 0. The standard InChI is InChI=1S/C27H21N3/c1-29(2)26-17-19(18-28)16-23(20-10-4-3-5-11-20)27(26)30-24-14-8-6-12-21(24)22-13-7-9-15-25(22)30/h3-17H,1-2H3. The SMILES string of the molecule is CN(C)c1cc(C#N)cc(-c2ccccc2)c1-n1c2ccccc2c2ccccc21. The molecule has 0 fully saturated rings. The van der Waals surface area contributed by atoms with Crippen LogP contribution in [0.5, 0.6) is 0 Å². The second kappa shape index (κ2) is 7.09. The molecule has 3 heteroatoms. The van der Waals surface area contributed by atoms with Gasteiger partial charge in [0.15, 0.2) is 0 Å². The van der Waals surface area contributed by atoms with Crippen molar-refractivity contribution < 1.29 is 0 Å². The molecule has 0 spiro atoms. The second-order valence-corrected chi connectivity index (χ2v) is 7.63. The molecule has 144 valence electrons. The molecule has 30 heavy (non-hydrogen) atoms. The third kappa shape index (κ3) is 2.74. The third-order valence-electron chi connectivity index (χ3n) is 5.59. The van der Waals surface area contributed by atoms with E-state index in [1.807, 2.05) is 44.4 Å². The van der Waals surface area contributed by atoms with Crippen molar-refractivity contribution in [3.05, 3.63) is 96.6 Å². The molecular weight excluding hydrogens is 366 g/mol. The summed E-state index contributed by atoms with van der Waals surface area (Å²) in [7, 11) is 4.06. The molecule has 3 nitrogen and oxygen atoms in total. The van der Waals surface area contributed by atoms with Gasteiger partial charge >= 0.3 is 0 Å². The zero-order valence-electron chi connectivity index (χ0n) is 17.0. The van der Waals surface area contributed by atoms with Crippen LogP contribution in [-0.4, -0.2) is 18.7 Å². The molecule has 0 unspecified atom stereocenters. The van der Waals surface area contributed by atoms with Crippen LogP contribution in [0.4, 0.5) is 5.69 Å². The molecule has 0 saturated carbocycles. The lowest BCUT2D eigenvalue weighted by Crippen LogP contribution is -2.14.